The van der Waals surface area contributed by atoms with Crippen LogP contribution in [0.4, 0.5) is 5.69 Å². The van der Waals surface area contributed by atoms with E-state index in [2.05, 4.69) is 15.4 Å². The molecule has 6 nitrogen and oxygen atoms in total. The molecule has 0 radical (unpaired) electrons. The molecule has 0 unspecified atom stereocenters. The van der Waals surface area contributed by atoms with E-state index in [0.29, 0.717) is 15.9 Å². The Morgan fingerprint density at radius 1 is 1.07 bits per heavy atom. The molecule has 4 rings (SSSR count). The second kappa shape index (κ2) is 9.06. The van der Waals surface area contributed by atoms with Crippen molar-refractivity contribution < 1.29 is 9.53 Å². The fourth-order valence-electron chi connectivity index (χ4n) is 3.68. The molecule has 30 heavy (non-hydrogen) atoms. The quantitative estimate of drug-likeness (QED) is 0.542. The zero-order valence-electron chi connectivity index (χ0n) is 16.6. The molecular weight excluding hydrogens is 423 g/mol. The molecule has 0 aliphatic heterocycles. The Hall–Kier alpha value is -2.57. The van der Waals surface area contributed by atoms with E-state index < -0.39 is 0 Å². The van der Waals surface area contributed by atoms with Gasteiger partial charge in [0.25, 0.3) is 0 Å². The lowest BCUT2D eigenvalue weighted by atomic mass is 9.88. The summed E-state index contributed by atoms with van der Waals surface area (Å²) in [5, 5.41) is 8.34. The smallest absolute Gasteiger partial charge is 0.336 e. The number of carbonyl (C=O) groups excluding carboxylic acids is 1. The maximum Gasteiger partial charge on any atom is 0.336 e. The van der Waals surface area contributed by atoms with Gasteiger partial charge in [0.05, 0.1) is 22.8 Å². The van der Waals surface area contributed by atoms with Crippen LogP contribution in [-0.4, -0.2) is 27.8 Å². The Morgan fingerprint density at radius 2 is 1.80 bits per heavy atom. The number of methoxy groups -OCH3 is 1. The largest absolute Gasteiger partial charge is 0.466 e. The highest BCUT2D eigenvalue weighted by molar-refractivity contribution is 6.42. The number of rotatable bonds is 5. The summed E-state index contributed by atoms with van der Waals surface area (Å²) in [7, 11) is 1.52. The van der Waals surface area contributed by atoms with Crippen molar-refractivity contribution in [2.24, 2.45) is 5.92 Å². The van der Waals surface area contributed by atoms with Crippen molar-refractivity contribution in [1.82, 2.24) is 14.8 Å². The normalized spacial score (nSPS) is 14.5. The van der Waals surface area contributed by atoms with Crippen LogP contribution < -0.4 is 10.1 Å². The Kier molecular flexibility index (Phi) is 6.25. The van der Waals surface area contributed by atoms with E-state index in [-0.39, 0.29) is 17.8 Å². The Balaban J connectivity index is 1.58. The number of amides is 1. The van der Waals surface area contributed by atoms with Gasteiger partial charge in [-0.05, 0) is 55.3 Å². The fraction of sp³-hybridized carbons (Fsp3) is 0.318. The van der Waals surface area contributed by atoms with Crippen LogP contribution >= 0.6 is 23.2 Å². The van der Waals surface area contributed by atoms with E-state index in [0.717, 1.165) is 42.6 Å². The van der Waals surface area contributed by atoms with Crippen LogP contribution in [0.2, 0.25) is 10.0 Å². The SMILES string of the molecule is COc1nc(-c2ccc(Cl)c(Cl)c2)n(-c2ccc(NC(=O)C3CCCCC3)cc2)n1. The first kappa shape index (κ1) is 20.7. The topological polar surface area (TPSA) is 69.0 Å². The summed E-state index contributed by atoms with van der Waals surface area (Å²) in [6.45, 7) is 0. The van der Waals surface area contributed by atoms with E-state index >= 15 is 0 Å². The standard InChI is InChI=1S/C22H22Cl2N4O2/c1-30-22-26-20(15-7-12-18(23)19(24)13-15)28(27-22)17-10-8-16(9-11-17)25-21(29)14-5-3-2-4-6-14/h7-14H,2-6H2,1H3,(H,25,29). The van der Waals surface area contributed by atoms with Crippen molar-refractivity contribution in [3.05, 3.63) is 52.5 Å². The predicted octanol–water partition coefficient (Wildman–Crippen LogP) is 5.77. The van der Waals surface area contributed by atoms with E-state index in [4.69, 9.17) is 27.9 Å². The Labute approximate surface area is 185 Å². The second-order valence-electron chi connectivity index (χ2n) is 7.33. The highest BCUT2D eigenvalue weighted by Gasteiger charge is 2.21. The minimum absolute atomic E-state index is 0.0985. The van der Waals surface area contributed by atoms with Gasteiger partial charge in [0.2, 0.25) is 5.91 Å². The van der Waals surface area contributed by atoms with Crippen molar-refractivity contribution in [3.63, 3.8) is 0 Å². The van der Waals surface area contributed by atoms with Gasteiger partial charge in [-0.2, -0.15) is 4.98 Å². The van der Waals surface area contributed by atoms with Crippen LogP contribution in [0.1, 0.15) is 32.1 Å². The first-order valence-corrected chi connectivity index (χ1v) is 10.7. The van der Waals surface area contributed by atoms with Gasteiger partial charge >= 0.3 is 6.01 Å². The van der Waals surface area contributed by atoms with Crippen molar-refractivity contribution in [2.75, 3.05) is 12.4 Å². The predicted molar refractivity (Wildman–Crippen MR) is 119 cm³/mol. The lowest BCUT2D eigenvalue weighted by molar-refractivity contribution is -0.120. The van der Waals surface area contributed by atoms with Gasteiger partial charge in [-0.1, -0.05) is 42.5 Å². The van der Waals surface area contributed by atoms with Gasteiger partial charge in [0.1, 0.15) is 0 Å². The molecule has 0 saturated heterocycles. The molecular formula is C22H22Cl2N4O2. The summed E-state index contributed by atoms with van der Waals surface area (Å²) in [4.78, 5) is 16.9. The van der Waals surface area contributed by atoms with Gasteiger partial charge in [0.15, 0.2) is 5.82 Å². The van der Waals surface area contributed by atoms with E-state index in [1.165, 1.54) is 13.5 Å². The molecule has 0 spiro atoms. The minimum atomic E-state index is 0.0985. The third kappa shape index (κ3) is 4.45. The number of halogens is 2. The summed E-state index contributed by atoms with van der Waals surface area (Å²) >= 11 is 12.2. The number of benzene rings is 2. The zero-order valence-corrected chi connectivity index (χ0v) is 18.1. The lowest BCUT2D eigenvalue weighted by Gasteiger charge is -2.20. The van der Waals surface area contributed by atoms with Gasteiger partial charge in [0, 0.05) is 17.2 Å². The van der Waals surface area contributed by atoms with Crippen LogP contribution in [-0.2, 0) is 4.79 Å². The number of hydrogen-bond acceptors (Lipinski definition) is 4. The third-order valence-electron chi connectivity index (χ3n) is 5.30. The molecule has 1 aromatic heterocycles. The molecule has 1 fully saturated rings. The summed E-state index contributed by atoms with van der Waals surface area (Å²) in [5.74, 6) is 0.782. The molecule has 0 atom stereocenters. The molecule has 2 aromatic carbocycles. The molecule has 0 bridgehead atoms. The number of aromatic nitrogens is 3. The average molecular weight is 445 g/mol. The van der Waals surface area contributed by atoms with Crippen molar-refractivity contribution in [3.8, 4) is 23.1 Å². The first-order chi connectivity index (χ1) is 14.5. The molecule has 1 heterocycles. The number of nitrogens with zero attached hydrogens (tertiary/aromatic N) is 3. The molecule has 1 saturated carbocycles. The van der Waals surface area contributed by atoms with Crippen molar-refractivity contribution in [1.29, 1.82) is 0 Å². The molecule has 1 aliphatic carbocycles. The molecule has 156 valence electrons. The maximum atomic E-state index is 12.5. The maximum absolute atomic E-state index is 12.5. The summed E-state index contributed by atoms with van der Waals surface area (Å²) in [6.07, 6.45) is 5.41. The molecule has 3 aromatic rings. The van der Waals surface area contributed by atoms with Gasteiger partial charge in [-0.25, -0.2) is 4.68 Å². The highest BCUT2D eigenvalue weighted by Crippen LogP contribution is 2.30. The summed E-state index contributed by atoms with van der Waals surface area (Å²) < 4.78 is 6.89. The van der Waals surface area contributed by atoms with Crippen LogP contribution in [0.3, 0.4) is 0 Å². The number of carbonyl (C=O) groups is 1. The highest BCUT2D eigenvalue weighted by atomic mass is 35.5. The Morgan fingerprint density at radius 3 is 2.47 bits per heavy atom. The number of ether oxygens (including phenoxy) is 1. The van der Waals surface area contributed by atoms with Crippen LogP contribution in [0.15, 0.2) is 42.5 Å². The minimum Gasteiger partial charge on any atom is -0.466 e. The van der Waals surface area contributed by atoms with Crippen molar-refractivity contribution >= 4 is 34.8 Å². The monoisotopic (exact) mass is 444 g/mol. The molecule has 1 amide bonds. The van der Waals surface area contributed by atoms with E-state index in [1.807, 2.05) is 30.3 Å². The van der Waals surface area contributed by atoms with Gasteiger partial charge < -0.3 is 10.1 Å². The van der Waals surface area contributed by atoms with E-state index in [1.54, 1.807) is 16.8 Å². The molecule has 1 aliphatic rings. The fourth-order valence-corrected chi connectivity index (χ4v) is 3.97. The zero-order chi connectivity index (χ0) is 21.1. The first-order valence-electron chi connectivity index (χ1n) is 9.93. The average Bonchev–Trinajstić information content (AvgIpc) is 3.21. The van der Waals surface area contributed by atoms with Crippen LogP contribution in [0, 0.1) is 5.92 Å². The number of nitrogens with one attached hydrogen (secondary N) is 1. The lowest BCUT2D eigenvalue weighted by Crippen LogP contribution is -2.24. The second-order valence-corrected chi connectivity index (χ2v) is 8.15. The molecule has 8 heteroatoms. The van der Waals surface area contributed by atoms with Gasteiger partial charge in [-0.15, -0.1) is 5.10 Å². The van der Waals surface area contributed by atoms with Crippen LogP contribution in [0.25, 0.3) is 17.1 Å². The number of anilines is 1. The van der Waals surface area contributed by atoms with Gasteiger partial charge in [-0.3, -0.25) is 4.79 Å². The Bertz CT molecular complexity index is 1040. The summed E-state index contributed by atoms with van der Waals surface area (Å²) in [6, 6.07) is 13.0. The number of hydrogen-bond donors (Lipinski definition) is 1. The van der Waals surface area contributed by atoms with Crippen LogP contribution in [0.5, 0.6) is 6.01 Å². The van der Waals surface area contributed by atoms with E-state index in [9.17, 15) is 4.79 Å². The molecule has 1 N–H and O–H groups in total. The van der Waals surface area contributed by atoms with Crippen molar-refractivity contribution in [2.45, 2.75) is 32.1 Å². The summed E-state index contributed by atoms with van der Waals surface area (Å²) in [5.41, 5.74) is 2.30. The third-order valence-corrected chi connectivity index (χ3v) is 6.04.